The number of nitrogens with one attached hydrogen (secondary N) is 1. The van der Waals surface area contributed by atoms with Crippen LogP contribution in [-0.2, 0) is 19.1 Å². The van der Waals surface area contributed by atoms with E-state index in [0.717, 1.165) is 42.2 Å². The predicted molar refractivity (Wildman–Crippen MR) is 97.3 cm³/mol. The first-order valence-electron chi connectivity index (χ1n) is 8.68. The minimum Gasteiger partial charge on any atom is -0.384 e. The van der Waals surface area contributed by atoms with Crippen molar-refractivity contribution in [1.29, 1.82) is 0 Å². The van der Waals surface area contributed by atoms with Gasteiger partial charge in [0.15, 0.2) is 5.76 Å². The number of rotatable bonds is 3. The van der Waals surface area contributed by atoms with Gasteiger partial charge >= 0.3 is 10.1 Å². The summed E-state index contributed by atoms with van der Waals surface area (Å²) in [5.41, 5.74) is 2.38. The third-order valence-corrected chi connectivity index (χ3v) is 5.85. The number of aryl methyl sites for hydroxylation is 2. The summed E-state index contributed by atoms with van der Waals surface area (Å²) in [5.74, 6) is 0.142. The summed E-state index contributed by atoms with van der Waals surface area (Å²) < 4.78 is 29.3. The minimum absolute atomic E-state index is 0.116. The number of amides is 1. The zero-order valence-electron chi connectivity index (χ0n) is 15.2. The second-order valence-electron chi connectivity index (χ2n) is 7.38. The summed E-state index contributed by atoms with van der Waals surface area (Å²) in [7, 11) is -3.74. The van der Waals surface area contributed by atoms with Crippen molar-refractivity contribution in [3.8, 4) is 0 Å². The van der Waals surface area contributed by atoms with Gasteiger partial charge in [0.1, 0.15) is 5.54 Å². The van der Waals surface area contributed by atoms with Gasteiger partial charge in [0.05, 0.1) is 11.8 Å². The van der Waals surface area contributed by atoms with E-state index in [0.29, 0.717) is 12.0 Å². The van der Waals surface area contributed by atoms with Crippen molar-refractivity contribution in [1.82, 2.24) is 5.32 Å². The Morgan fingerprint density at radius 1 is 1.24 bits per heavy atom. The lowest BCUT2D eigenvalue weighted by molar-refractivity contribution is -0.116. The molecule has 2 atom stereocenters. The van der Waals surface area contributed by atoms with E-state index < -0.39 is 15.7 Å². The minimum atomic E-state index is -3.74. The first-order valence-corrected chi connectivity index (χ1v) is 10.5. The Hall–Kier alpha value is -1.82. The quantitative estimate of drug-likeness (QED) is 0.838. The number of benzene rings is 1. The molecule has 1 aliphatic heterocycles. The molecular weight excluding hydrogens is 338 g/mol. The van der Waals surface area contributed by atoms with Crippen molar-refractivity contribution in [2.45, 2.75) is 52.0 Å². The summed E-state index contributed by atoms with van der Waals surface area (Å²) in [6.45, 7) is 5.96. The Bertz CT molecular complexity index is 856. The van der Waals surface area contributed by atoms with Gasteiger partial charge in [0, 0.05) is 0 Å². The van der Waals surface area contributed by atoms with Crippen molar-refractivity contribution >= 4 is 21.6 Å². The summed E-state index contributed by atoms with van der Waals surface area (Å²) in [5, 5.41) is 3.08. The molecule has 1 amide bonds. The van der Waals surface area contributed by atoms with Crippen LogP contribution >= 0.6 is 0 Å². The third-order valence-electron chi connectivity index (χ3n) is 5.38. The number of carbonyl (C=O) groups excluding carboxylic acids is 1. The maximum Gasteiger partial charge on any atom is 0.306 e. The van der Waals surface area contributed by atoms with Crippen LogP contribution in [0.15, 0.2) is 24.0 Å². The van der Waals surface area contributed by atoms with Crippen molar-refractivity contribution in [3.63, 3.8) is 0 Å². The number of hydrogen-bond acceptors (Lipinski definition) is 4. The molecule has 136 valence electrons. The molecule has 1 aromatic carbocycles. The van der Waals surface area contributed by atoms with E-state index in [1.54, 1.807) is 0 Å². The molecule has 0 saturated heterocycles. The van der Waals surface area contributed by atoms with Gasteiger partial charge in [-0.1, -0.05) is 43.5 Å². The Labute approximate surface area is 149 Å². The van der Waals surface area contributed by atoms with Gasteiger partial charge < -0.3 is 9.50 Å². The van der Waals surface area contributed by atoms with Gasteiger partial charge in [-0.3, -0.25) is 4.79 Å². The van der Waals surface area contributed by atoms with Crippen LogP contribution in [0.1, 0.15) is 49.3 Å². The lowest BCUT2D eigenvalue weighted by atomic mass is 9.73. The lowest BCUT2D eigenvalue weighted by Crippen LogP contribution is -2.52. The lowest BCUT2D eigenvalue weighted by Gasteiger charge is -2.40. The molecule has 3 rings (SSSR count). The number of carbonyl (C=O) groups is 1. The summed E-state index contributed by atoms with van der Waals surface area (Å²) >= 11 is 0. The maximum atomic E-state index is 12.9. The Morgan fingerprint density at radius 3 is 2.56 bits per heavy atom. The maximum absolute atomic E-state index is 12.9. The van der Waals surface area contributed by atoms with E-state index in [2.05, 4.69) is 12.2 Å². The van der Waals surface area contributed by atoms with E-state index in [-0.39, 0.29) is 17.6 Å². The molecular formula is C19H25NO4S. The van der Waals surface area contributed by atoms with Crippen molar-refractivity contribution < 1.29 is 17.4 Å². The molecule has 0 aromatic heterocycles. The fourth-order valence-electron chi connectivity index (χ4n) is 4.12. The Balaban J connectivity index is 2.24. The van der Waals surface area contributed by atoms with Crippen molar-refractivity contribution in [2.24, 2.45) is 5.92 Å². The average Bonchev–Trinajstić information content (AvgIpc) is 2.74. The highest BCUT2D eigenvalue weighted by Gasteiger charge is 2.52. The van der Waals surface area contributed by atoms with E-state index in [1.807, 2.05) is 32.0 Å². The SMILES string of the molecule is Cc1ccc(C2=C(OS(C)(=O)=O)C3(CCCCC3C)NC2=O)c(C)c1. The van der Waals surface area contributed by atoms with E-state index in [4.69, 9.17) is 4.18 Å². The van der Waals surface area contributed by atoms with Gasteiger partial charge in [-0.25, -0.2) is 0 Å². The normalized spacial score (nSPS) is 26.9. The molecule has 1 aromatic rings. The monoisotopic (exact) mass is 363 g/mol. The molecule has 25 heavy (non-hydrogen) atoms. The zero-order chi connectivity index (χ0) is 18.4. The molecule has 5 nitrogen and oxygen atoms in total. The van der Waals surface area contributed by atoms with Gasteiger partial charge in [-0.2, -0.15) is 8.42 Å². The predicted octanol–water partition coefficient (Wildman–Crippen LogP) is 3.07. The van der Waals surface area contributed by atoms with Crippen LogP contribution in [0, 0.1) is 19.8 Å². The highest BCUT2D eigenvalue weighted by molar-refractivity contribution is 7.86. The van der Waals surface area contributed by atoms with Crippen LogP contribution < -0.4 is 5.32 Å². The highest BCUT2D eigenvalue weighted by Crippen LogP contribution is 2.47. The molecule has 1 fully saturated rings. The molecule has 2 aliphatic rings. The zero-order valence-corrected chi connectivity index (χ0v) is 16.0. The van der Waals surface area contributed by atoms with Crippen LogP contribution in [0.4, 0.5) is 0 Å². The average molecular weight is 363 g/mol. The fraction of sp³-hybridized carbons (Fsp3) is 0.526. The molecule has 1 N–H and O–H groups in total. The van der Waals surface area contributed by atoms with Crippen molar-refractivity contribution in [3.05, 3.63) is 40.6 Å². The molecule has 1 heterocycles. The van der Waals surface area contributed by atoms with E-state index in [1.165, 1.54) is 0 Å². The van der Waals surface area contributed by atoms with Crippen LogP contribution in [0.2, 0.25) is 0 Å². The first-order chi connectivity index (χ1) is 11.6. The third kappa shape index (κ3) is 3.19. The molecule has 1 spiro atoms. The molecule has 1 saturated carbocycles. The van der Waals surface area contributed by atoms with Gasteiger partial charge in [0.25, 0.3) is 5.91 Å². The molecule has 2 unspecified atom stereocenters. The second kappa shape index (κ2) is 6.16. The van der Waals surface area contributed by atoms with Crippen LogP contribution in [0.25, 0.3) is 5.57 Å². The smallest absolute Gasteiger partial charge is 0.306 e. The van der Waals surface area contributed by atoms with Crippen LogP contribution in [0.5, 0.6) is 0 Å². The Morgan fingerprint density at radius 2 is 1.96 bits per heavy atom. The molecule has 0 radical (unpaired) electrons. The summed E-state index contributed by atoms with van der Waals surface area (Å²) in [6.07, 6.45) is 4.66. The van der Waals surface area contributed by atoms with Gasteiger partial charge in [0.2, 0.25) is 0 Å². The number of hydrogen-bond donors (Lipinski definition) is 1. The van der Waals surface area contributed by atoms with Gasteiger partial charge in [-0.15, -0.1) is 0 Å². The van der Waals surface area contributed by atoms with Crippen LogP contribution in [-0.4, -0.2) is 26.1 Å². The highest BCUT2D eigenvalue weighted by atomic mass is 32.2. The summed E-state index contributed by atoms with van der Waals surface area (Å²) in [6, 6.07) is 5.79. The topological polar surface area (TPSA) is 72.5 Å². The first kappa shape index (κ1) is 18.0. The standard InChI is InChI=1S/C19H25NO4S/c1-12-8-9-15(13(2)11-12)16-17(24-25(4,22)23)19(20-18(16)21)10-6-5-7-14(19)3/h8-9,11,14H,5-7,10H2,1-4H3,(H,20,21). The second-order valence-corrected chi connectivity index (χ2v) is 8.96. The van der Waals surface area contributed by atoms with E-state index in [9.17, 15) is 13.2 Å². The van der Waals surface area contributed by atoms with Gasteiger partial charge in [-0.05, 0) is 43.7 Å². The Kier molecular flexibility index (Phi) is 4.43. The summed E-state index contributed by atoms with van der Waals surface area (Å²) in [4.78, 5) is 12.9. The molecule has 1 aliphatic carbocycles. The van der Waals surface area contributed by atoms with Crippen molar-refractivity contribution in [2.75, 3.05) is 6.26 Å². The largest absolute Gasteiger partial charge is 0.384 e. The fourth-order valence-corrected chi connectivity index (χ4v) is 4.66. The van der Waals surface area contributed by atoms with Crippen LogP contribution in [0.3, 0.4) is 0 Å². The molecule has 6 heteroatoms. The van der Waals surface area contributed by atoms with E-state index >= 15 is 0 Å². The molecule has 0 bridgehead atoms.